The molecule has 2 heterocycles. The van der Waals surface area contributed by atoms with Crippen molar-refractivity contribution in [3.63, 3.8) is 0 Å². The molecule has 4 nitrogen and oxygen atoms in total. The topological polar surface area (TPSA) is 63.8 Å². The zero-order valence-corrected chi connectivity index (χ0v) is 9.92. The number of nitrogens with zero attached hydrogens (tertiary/aromatic N) is 2. The van der Waals surface area contributed by atoms with Gasteiger partial charge in [-0.05, 0) is 18.1 Å². The summed E-state index contributed by atoms with van der Waals surface area (Å²) in [4.78, 5) is 8.50. The lowest BCUT2D eigenvalue weighted by Crippen LogP contribution is -2.04. The van der Waals surface area contributed by atoms with E-state index in [2.05, 4.69) is 28.3 Å². The number of hydrogen-bond acceptors (Lipinski definition) is 5. The molecule has 0 saturated heterocycles. The van der Waals surface area contributed by atoms with Gasteiger partial charge in [0.25, 0.3) is 0 Å². The van der Waals surface area contributed by atoms with Gasteiger partial charge in [0.1, 0.15) is 5.00 Å². The monoisotopic (exact) mass is 234 g/mol. The van der Waals surface area contributed by atoms with Crippen molar-refractivity contribution in [1.82, 2.24) is 9.97 Å². The summed E-state index contributed by atoms with van der Waals surface area (Å²) in [5, 5.41) is 4.78. The molecule has 0 amide bonds. The molecule has 0 spiro atoms. The molecule has 0 radical (unpaired) electrons. The highest BCUT2D eigenvalue weighted by Crippen LogP contribution is 2.20. The molecule has 0 aliphatic carbocycles. The van der Waals surface area contributed by atoms with Gasteiger partial charge < -0.3 is 11.1 Å². The standard InChI is InChI=1S/C11H14N4S/c1-2-8-4-3-5-13-9(8)6-14-11-15-7-10(12)16-11/h3-5,7H,2,6,12H2,1H3,(H,14,15). The predicted octanol–water partition coefficient (Wildman–Crippen LogP) is 2.29. The molecule has 0 saturated carbocycles. The first-order valence-corrected chi connectivity index (χ1v) is 5.99. The first-order valence-electron chi connectivity index (χ1n) is 5.17. The van der Waals surface area contributed by atoms with Crippen molar-refractivity contribution in [3.8, 4) is 0 Å². The molecule has 84 valence electrons. The van der Waals surface area contributed by atoms with E-state index >= 15 is 0 Å². The summed E-state index contributed by atoms with van der Waals surface area (Å²) in [6.07, 6.45) is 4.46. The number of nitrogens with one attached hydrogen (secondary N) is 1. The molecule has 5 heteroatoms. The molecule has 0 aromatic carbocycles. The Hall–Kier alpha value is -1.62. The number of aryl methyl sites for hydroxylation is 1. The molecule has 2 aromatic rings. The van der Waals surface area contributed by atoms with Gasteiger partial charge in [-0.25, -0.2) is 4.98 Å². The molecule has 2 rings (SSSR count). The number of pyridine rings is 1. The number of nitrogens with two attached hydrogens (primary N) is 1. The van der Waals surface area contributed by atoms with Crippen LogP contribution in [0.3, 0.4) is 0 Å². The Labute approximate surface area is 98.6 Å². The smallest absolute Gasteiger partial charge is 0.184 e. The zero-order chi connectivity index (χ0) is 11.4. The summed E-state index contributed by atoms with van der Waals surface area (Å²) in [6.45, 7) is 2.82. The normalized spacial score (nSPS) is 10.3. The van der Waals surface area contributed by atoms with Gasteiger partial charge in [0.05, 0.1) is 18.4 Å². The minimum atomic E-state index is 0.691. The van der Waals surface area contributed by atoms with E-state index in [9.17, 15) is 0 Å². The molecule has 0 bridgehead atoms. The fraction of sp³-hybridized carbons (Fsp3) is 0.273. The van der Waals surface area contributed by atoms with Gasteiger partial charge >= 0.3 is 0 Å². The van der Waals surface area contributed by atoms with E-state index in [1.54, 1.807) is 6.20 Å². The van der Waals surface area contributed by atoms with Crippen LogP contribution in [-0.2, 0) is 13.0 Å². The molecule has 0 aliphatic heterocycles. The van der Waals surface area contributed by atoms with Gasteiger partial charge in [0.2, 0.25) is 0 Å². The SMILES string of the molecule is CCc1cccnc1CNc1ncc(N)s1. The van der Waals surface area contributed by atoms with Crippen LogP contribution in [0, 0.1) is 0 Å². The van der Waals surface area contributed by atoms with Gasteiger partial charge in [-0.2, -0.15) is 0 Å². The van der Waals surface area contributed by atoms with Crippen molar-refractivity contribution in [2.24, 2.45) is 0 Å². The average molecular weight is 234 g/mol. The largest absolute Gasteiger partial charge is 0.389 e. The van der Waals surface area contributed by atoms with Gasteiger partial charge in [-0.3, -0.25) is 4.98 Å². The van der Waals surface area contributed by atoms with E-state index in [-0.39, 0.29) is 0 Å². The minimum absolute atomic E-state index is 0.691. The first-order chi connectivity index (χ1) is 7.79. The quantitative estimate of drug-likeness (QED) is 0.852. The van der Waals surface area contributed by atoms with Crippen molar-refractivity contribution in [3.05, 3.63) is 35.8 Å². The predicted molar refractivity (Wildman–Crippen MR) is 67.5 cm³/mol. The van der Waals surface area contributed by atoms with E-state index in [0.717, 1.165) is 22.2 Å². The molecular weight excluding hydrogens is 220 g/mol. The maximum absolute atomic E-state index is 5.60. The second-order valence-electron chi connectivity index (χ2n) is 3.38. The van der Waals surface area contributed by atoms with Crippen molar-refractivity contribution < 1.29 is 0 Å². The second-order valence-corrected chi connectivity index (χ2v) is 4.45. The Morgan fingerprint density at radius 2 is 2.31 bits per heavy atom. The maximum atomic E-state index is 5.60. The molecule has 16 heavy (non-hydrogen) atoms. The Balaban J connectivity index is 2.04. The summed E-state index contributed by atoms with van der Waals surface area (Å²) in [7, 11) is 0. The van der Waals surface area contributed by atoms with Crippen LogP contribution in [0.4, 0.5) is 10.1 Å². The van der Waals surface area contributed by atoms with E-state index in [1.807, 2.05) is 12.3 Å². The van der Waals surface area contributed by atoms with Crippen LogP contribution in [-0.4, -0.2) is 9.97 Å². The van der Waals surface area contributed by atoms with Crippen molar-refractivity contribution >= 4 is 21.5 Å². The highest BCUT2D eigenvalue weighted by molar-refractivity contribution is 7.19. The maximum Gasteiger partial charge on any atom is 0.184 e. The van der Waals surface area contributed by atoms with Gasteiger partial charge in [0, 0.05) is 6.20 Å². The third-order valence-corrected chi connectivity index (χ3v) is 3.08. The third-order valence-electron chi connectivity index (χ3n) is 2.30. The molecule has 0 unspecified atom stereocenters. The minimum Gasteiger partial charge on any atom is -0.389 e. The van der Waals surface area contributed by atoms with Crippen LogP contribution in [0.1, 0.15) is 18.2 Å². The van der Waals surface area contributed by atoms with E-state index in [4.69, 9.17) is 5.73 Å². The lowest BCUT2D eigenvalue weighted by Gasteiger charge is -2.06. The van der Waals surface area contributed by atoms with Crippen LogP contribution in [0.2, 0.25) is 0 Å². The summed E-state index contributed by atoms with van der Waals surface area (Å²) in [6, 6.07) is 4.06. The number of aromatic nitrogens is 2. The van der Waals surface area contributed by atoms with E-state index in [1.165, 1.54) is 16.9 Å². The summed E-state index contributed by atoms with van der Waals surface area (Å²) >= 11 is 1.45. The van der Waals surface area contributed by atoms with Gasteiger partial charge in [-0.15, -0.1) is 0 Å². The highest BCUT2D eigenvalue weighted by Gasteiger charge is 2.03. The number of nitrogen functional groups attached to an aromatic ring is 1. The van der Waals surface area contributed by atoms with E-state index in [0.29, 0.717) is 6.54 Å². The lowest BCUT2D eigenvalue weighted by molar-refractivity contribution is 0.969. The molecule has 0 fully saturated rings. The lowest BCUT2D eigenvalue weighted by atomic mass is 10.1. The Morgan fingerprint density at radius 3 is 3.00 bits per heavy atom. The van der Waals surface area contributed by atoms with Crippen LogP contribution in [0.5, 0.6) is 0 Å². The van der Waals surface area contributed by atoms with Crippen molar-refractivity contribution in [2.75, 3.05) is 11.1 Å². The van der Waals surface area contributed by atoms with Crippen LogP contribution in [0.25, 0.3) is 0 Å². The first kappa shape index (κ1) is 10.9. The van der Waals surface area contributed by atoms with E-state index < -0.39 is 0 Å². The number of anilines is 2. The van der Waals surface area contributed by atoms with Gasteiger partial charge in [0.15, 0.2) is 5.13 Å². The second kappa shape index (κ2) is 4.94. The summed E-state index contributed by atoms with van der Waals surface area (Å²) in [5.41, 5.74) is 7.94. The number of rotatable bonds is 4. The molecule has 0 aliphatic rings. The Bertz CT molecular complexity index is 467. The Kier molecular flexibility index (Phi) is 3.36. The summed E-state index contributed by atoms with van der Waals surface area (Å²) < 4.78 is 0. The van der Waals surface area contributed by atoms with Crippen LogP contribution >= 0.6 is 11.3 Å². The Morgan fingerprint density at radius 1 is 1.44 bits per heavy atom. The highest BCUT2D eigenvalue weighted by atomic mass is 32.1. The molecule has 0 atom stereocenters. The molecule has 3 N–H and O–H groups in total. The fourth-order valence-electron chi connectivity index (χ4n) is 1.48. The third kappa shape index (κ3) is 2.49. The molecular formula is C11H14N4S. The fourth-order valence-corrected chi connectivity index (χ4v) is 2.06. The van der Waals surface area contributed by atoms with Crippen LogP contribution < -0.4 is 11.1 Å². The van der Waals surface area contributed by atoms with Gasteiger partial charge in [-0.1, -0.05) is 24.3 Å². The van der Waals surface area contributed by atoms with Crippen molar-refractivity contribution in [2.45, 2.75) is 19.9 Å². The number of thiazole rings is 1. The van der Waals surface area contributed by atoms with Crippen LogP contribution in [0.15, 0.2) is 24.5 Å². The average Bonchev–Trinajstić information content (AvgIpc) is 2.73. The van der Waals surface area contributed by atoms with Crippen molar-refractivity contribution in [1.29, 1.82) is 0 Å². The molecule has 2 aromatic heterocycles. The zero-order valence-electron chi connectivity index (χ0n) is 9.10. The summed E-state index contributed by atoms with van der Waals surface area (Å²) in [5.74, 6) is 0. The number of hydrogen-bond donors (Lipinski definition) is 2.